The van der Waals surface area contributed by atoms with Crippen molar-refractivity contribution in [2.45, 2.75) is 0 Å². The van der Waals surface area contributed by atoms with Gasteiger partial charge in [0.25, 0.3) is 0 Å². The highest BCUT2D eigenvalue weighted by Gasteiger charge is 2.08. The second-order valence-corrected chi connectivity index (χ2v) is 5.34. The molecule has 8 nitrogen and oxygen atoms in total. The van der Waals surface area contributed by atoms with E-state index < -0.39 is 7.60 Å². The molecule has 0 aliphatic carbocycles. The third kappa shape index (κ3) is 14.2. The average Bonchev–Trinajstić information content (AvgIpc) is 2.37. The Morgan fingerprint density at radius 1 is 0.842 bits per heavy atom. The van der Waals surface area contributed by atoms with Crippen molar-refractivity contribution in [3.05, 3.63) is 0 Å². The number of methoxy groups -OCH3 is 2. The van der Waals surface area contributed by atoms with Gasteiger partial charge in [-0.05, 0) is 0 Å². The fourth-order valence-electron chi connectivity index (χ4n) is 0.879. The number of rotatable bonds is 14. The Morgan fingerprint density at radius 3 is 1.95 bits per heavy atom. The Kier molecular flexibility index (Phi) is 12.9. The van der Waals surface area contributed by atoms with Gasteiger partial charge in [-0.15, -0.1) is 0 Å². The van der Waals surface area contributed by atoms with Crippen molar-refractivity contribution in [3.8, 4) is 0 Å². The molecule has 0 rings (SSSR count). The molecule has 0 saturated heterocycles. The molecule has 19 heavy (non-hydrogen) atoms. The third-order valence-electron chi connectivity index (χ3n) is 1.87. The van der Waals surface area contributed by atoms with Crippen molar-refractivity contribution >= 4 is 7.60 Å². The lowest BCUT2D eigenvalue weighted by molar-refractivity contribution is -0.207. The van der Waals surface area contributed by atoms with E-state index in [4.69, 9.17) is 23.7 Å². The van der Waals surface area contributed by atoms with Crippen molar-refractivity contribution in [2.24, 2.45) is 0 Å². The molecule has 0 aliphatic heterocycles. The molecule has 0 aliphatic rings. The summed E-state index contributed by atoms with van der Waals surface area (Å²) in [5, 5.41) is 0. The van der Waals surface area contributed by atoms with Crippen LogP contribution >= 0.6 is 7.60 Å². The van der Waals surface area contributed by atoms with Gasteiger partial charge in [-0.2, -0.15) is 0 Å². The normalized spacial score (nSPS) is 14.5. The van der Waals surface area contributed by atoms with Crippen LogP contribution in [-0.2, 0) is 32.8 Å². The Bertz CT molecular complexity index is 238. The average molecular weight is 301 g/mol. The molecule has 0 aromatic carbocycles. The van der Waals surface area contributed by atoms with Gasteiger partial charge in [0.2, 0.25) is 0 Å². The summed E-state index contributed by atoms with van der Waals surface area (Å²) in [6, 6.07) is 0. The zero-order chi connectivity index (χ0) is 14.4. The first kappa shape index (κ1) is 18.9. The third-order valence-corrected chi connectivity index (χ3v) is 3.10. The summed E-state index contributed by atoms with van der Waals surface area (Å²) in [7, 11) is -0.842. The molecule has 0 fully saturated rings. The van der Waals surface area contributed by atoms with E-state index in [-0.39, 0.29) is 33.0 Å². The molecule has 0 heterocycles. The highest BCUT2D eigenvalue weighted by atomic mass is 31.2. The van der Waals surface area contributed by atoms with E-state index in [1.165, 1.54) is 7.11 Å². The van der Waals surface area contributed by atoms with Gasteiger partial charge in [-0.1, -0.05) is 0 Å². The smallest absolute Gasteiger partial charge is 0.152 e. The fourth-order valence-corrected chi connectivity index (χ4v) is 1.60. The zero-order valence-electron chi connectivity index (χ0n) is 11.4. The van der Waals surface area contributed by atoms with E-state index in [1.807, 2.05) is 0 Å². The van der Waals surface area contributed by atoms with Crippen LogP contribution < -0.4 is 4.89 Å². The number of hydrogen-bond donors (Lipinski definition) is 0. The Hall–Kier alpha value is -0.0500. The predicted octanol–water partition coefficient (Wildman–Crippen LogP) is -0.186. The first-order chi connectivity index (χ1) is 9.12. The SMILES string of the molecule is COCCOCOCCP(=O)([O-])OCOCCOC. The first-order valence-corrected chi connectivity index (χ1v) is 7.51. The molecule has 0 radical (unpaired) electrons. The Morgan fingerprint density at radius 2 is 1.37 bits per heavy atom. The van der Waals surface area contributed by atoms with Crippen molar-refractivity contribution in [1.82, 2.24) is 0 Å². The summed E-state index contributed by atoms with van der Waals surface area (Å²) in [5.41, 5.74) is 0. The molecule has 0 aromatic rings. The first-order valence-electron chi connectivity index (χ1n) is 5.78. The van der Waals surface area contributed by atoms with Gasteiger partial charge in [0.1, 0.15) is 14.4 Å². The van der Waals surface area contributed by atoms with Crippen LogP contribution in [0.5, 0.6) is 0 Å². The van der Waals surface area contributed by atoms with Crippen molar-refractivity contribution in [1.29, 1.82) is 0 Å². The van der Waals surface area contributed by atoms with E-state index in [0.717, 1.165) is 0 Å². The van der Waals surface area contributed by atoms with Crippen LogP contribution in [0.1, 0.15) is 0 Å². The molecule has 116 valence electrons. The highest BCUT2D eigenvalue weighted by molar-refractivity contribution is 7.51. The van der Waals surface area contributed by atoms with Crippen LogP contribution in [0.4, 0.5) is 0 Å². The van der Waals surface area contributed by atoms with Crippen molar-refractivity contribution in [3.63, 3.8) is 0 Å². The molecular weight excluding hydrogens is 279 g/mol. The highest BCUT2D eigenvalue weighted by Crippen LogP contribution is 2.35. The summed E-state index contributed by atoms with van der Waals surface area (Å²) in [6.45, 7) is 1.24. The van der Waals surface area contributed by atoms with E-state index >= 15 is 0 Å². The van der Waals surface area contributed by atoms with Gasteiger partial charge >= 0.3 is 0 Å². The molecule has 0 saturated carbocycles. The van der Waals surface area contributed by atoms with Gasteiger partial charge in [0.05, 0.1) is 33.0 Å². The lowest BCUT2D eigenvalue weighted by atomic mass is 10.8. The molecule has 1 atom stereocenters. The number of ether oxygens (including phenoxy) is 5. The molecule has 1 unspecified atom stereocenters. The molecule has 0 N–H and O–H groups in total. The topological polar surface area (TPSA) is 95.5 Å². The van der Waals surface area contributed by atoms with Gasteiger partial charge in [0.15, 0.2) is 6.79 Å². The summed E-state index contributed by atoms with van der Waals surface area (Å²) in [4.78, 5) is 11.4. The van der Waals surface area contributed by atoms with E-state index in [9.17, 15) is 9.46 Å². The van der Waals surface area contributed by atoms with Gasteiger partial charge < -0.3 is 37.7 Å². The summed E-state index contributed by atoms with van der Waals surface area (Å²) < 4.78 is 40.3. The van der Waals surface area contributed by atoms with Crippen LogP contribution in [-0.4, -0.2) is 67.0 Å². The molecule has 0 bridgehead atoms. The minimum Gasteiger partial charge on any atom is -0.778 e. The van der Waals surface area contributed by atoms with Crippen molar-refractivity contribution < 1.29 is 37.7 Å². The van der Waals surface area contributed by atoms with Crippen LogP contribution in [0.25, 0.3) is 0 Å². The Balaban J connectivity index is 3.38. The largest absolute Gasteiger partial charge is 0.778 e. The van der Waals surface area contributed by atoms with Crippen molar-refractivity contribution in [2.75, 3.05) is 67.0 Å². The second-order valence-electron chi connectivity index (χ2n) is 3.41. The molecule has 0 spiro atoms. The van der Waals surface area contributed by atoms with Gasteiger partial charge in [0, 0.05) is 20.4 Å². The van der Waals surface area contributed by atoms with Gasteiger partial charge in [-0.3, -0.25) is 0 Å². The fraction of sp³-hybridized carbons (Fsp3) is 1.00. The van der Waals surface area contributed by atoms with Crippen LogP contribution in [0.2, 0.25) is 0 Å². The molecular formula is C10H22O8P-. The Labute approximate surface area is 113 Å². The summed E-state index contributed by atoms with van der Waals surface area (Å²) in [5.74, 6) is 0. The predicted molar refractivity (Wildman–Crippen MR) is 64.9 cm³/mol. The minimum absolute atomic E-state index is 0.00578. The van der Waals surface area contributed by atoms with Crippen LogP contribution in [0, 0.1) is 0 Å². The lowest BCUT2D eigenvalue weighted by Gasteiger charge is -2.22. The van der Waals surface area contributed by atoms with Crippen LogP contribution in [0.15, 0.2) is 0 Å². The summed E-state index contributed by atoms with van der Waals surface area (Å²) >= 11 is 0. The second kappa shape index (κ2) is 13.0. The van der Waals surface area contributed by atoms with Crippen LogP contribution in [0.3, 0.4) is 0 Å². The molecule has 9 heteroatoms. The van der Waals surface area contributed by atoms with E-state index in [2.05, 4.69) is 4.52 Å². The van der Waals surface area contributed by atoms with E-state index in [0.29, 0.717) is 19.8 Å². The van der Waals surface area contributed by atoms with E-state index in [1.54, 1.807) is 7.11 Å². The van der Waals surface area contributed by atoms with Gasteiger partial charge in [-0.25, -0.2) is 0 Å². The maximum atomic E-state index is 11.4. The lowest BCUT2D eigenvalue weighted by Crippen LogP contribution is -2.16. The maximum Gasteiger partial charge on any atom is 0.152 e. The minimum atomic E-state index is -3.92. The maximum absolute atomic E-state index is 11.4. The quantitative estimate of drug-likeness (QED) is 0.247. The summed E-state index contributed by atoms with van der Waals surface area (Å²) in [6.07, 6.45) is -0.228. The zero-order valence-corrected chi connectivity index (χ0v) is 12.3. The standard InChI is InChI=1S/C10H23O8P/c1-13-3-5-15-9-17-7-8-19(11,12)18-10-16-6-4-14-2/h3-10H2,1-2H3,(H,11,12)/p-1. The number of hydrogen-bond acceptors (Lipinski definition) is 8. The molecule has 0 aromatic heterocycles. The molecule has 0 amide bonds. The monoisotopic (exact) mass is 301 g/mol.